The highest BCUT2D eigenvalue weighted by Gasteiger charge is 2.09. The Morgan fingerprint density at radius 2 is 2.13 bits per heavy atom. The highest BCUT2D eigenvalue weighted by molar-refractivity contribution is 6.05. The second-order valence-electron chi connectivity index (χ2n) is 3.59. The minimum Gasteiger partial charge on any atom is -0.367 e. The van der Waals surface area contributed by atoms with Crippen LogP contribution in [0.1, 0.15) is 5.56 Å². The van der Waals surface area contributed by atoms with Crippen LogP contribution in [0.25, 0.3) is 21.8 Å². The number of aromatic nitrogens is 2. The molecule has 15 heavy (non-hydrogen) atoms. The van der Waals surface area contributed by atoms with Gasteiger partial charge in [-0.15, -0.1) is 0 Å². The molecule has 0 unspecified atom stereocenters. The summed E-state index contributed by atoms with van der Waals surface area (Å²) in [7, 11) is 0. The standard InChI is InChI=1S/C11H9N3O/c1-6-2-3-9-7(4-6)10-8(5-13-9)11(12)15-14-10/h2-5H,12H2,1H3. The first-order chi connectivity index (χ1) is 7.25. The molecule has 0 amide bonds. The fourth-order valence-corrected chi connectivity index (χ4v) is 1.72. The molecule has 2 aromatic heterocycles. The second kappa shape index (κ2) is 2.70. The van der Waals surface area contributed by atoms with Gasteiger partial charge in [-0.25, -0.2) is 0 Å². The van der Waals surface area contributed by atoms with Crippen LogP contribution in [0.3, 0.4) is 0 Å². The molecule has 0 aliphatic rings. The Morgan fingerprint density at radius 1 is 1.27 bits per heavy atom. The average Bonchev–Trinajstić information content (AvgIpc) is 2.61. The van der Waals surface area contributed by atoms with Crippen molar-refractivity contribution in [2.24, 2.45) is 0 Å². The van der Waals surface area contributed by atoms with E-state index in [0.29, 0.717) is 5.88 Å². The van der Waals surface area contributed by atoms with E-state index in [4.69, 9.17) is 10.3 Å². The smallest absolute Gasteiger partial charge is 0.231 e. The van der Waals surface area contributed by atoms with Crippen LogP contribution >= 0.6 is 0 Å². The van der Waals surface area contributed by atoms with Crippen LogP contribution in [-0.2, 0) is 0 Å². The fourth-order valence-electron chi connectivity index (χ4n) is 1.72. The molecule has 3 rings (SSSR count). The van der Waals surface area contributed by atoms with Gasteiger partial charge >= 0.3 is 0 Å². The maximum absolute atomic E-state index is 5.64. The number of nitrogens with zero attached hydrogens (tertiary/aromatic N) is 2. The number of nitrogens with two attached hydrogens (primary N) is 1. The maximum atomic E-state index is 5.64. The van der Waals surface area contributed by atoms with Crippen LogP contribution in [0.4, 0.5) is 5.88 Å². The number of fused-ring (bicyclic) bond motifs is 3. The molecule has 0 atom stereocenters. The topological polar surface area (TPSA) is 64.9 Å². The van der Waals surface area contributed by atoms with Crippen LogP contribution in [0, 0.1) is 6.92 Å². The van der Waals surface area contributed by atoms with Crippen LogP contribution < -0.4 is 5.73 Å². The van der Waals surface area contributed by atoms with E-state index < -0.39 is 0 Å². The molecular formula is C11H9N3O. The van der Waals surface area contributed by atoms with E-state index in [1.54, 1.807) is 6.20 Å². The summed E-state index contributed by atoms with van der Waals surface area (Å²) in [5.74, 6) is 0.320. The SMILES string of the molecule is Cc1ccc2ncc3c(N)onc3c2c1. The van der Waals surface area contributed by atoms with Crippen LogP contribution in [0.15, 0.2) is 28.9 Å². The zero-order chi connectivity index (χ0) is 10.4. The fraction of sp³-hybridized carbons (Fsp3) is 0.0909. The molecule has 3 aromatic rings. The van der Waals surface area contributed by atoms with Gasteiger partial charge in [-0.05, 0) is 19.1 Å². The van der Waals surface area contributed by atoms with E-state index >= 15 is 0 Å². The van der Waals surface area contributed by atoms with Crippen molar-refractivity contribution in [2.75, 3.05) is 5.73 Å². The molecule has 0 aliphatic carbocycles. The van der Waals surface area contributed by atoms with E-state index in [-0.39, 0.29) is 0 Å². The Kier molecular flexibility index (Phi) is 1.48. The number of anilines is 1. The van der Waals surface area contributed by atoms with Crippen molar-refractivity contribution in [3.63, 3.8) is 0 Å². The lowest BCUT2D eigenvalue weighted by atomic mass is 10.1. The molecule has 74 valence electrons. The third-order valence-electron chi connectivity index (χ3n) is 2.50. The Bertz CT molecular complexity index is 657. The molecule has 2 heterocycles. The summed E-state index contributed by atoms with van der Waals surface area (Å²) in [6, 6.07) is 6.02. The normalized spacial score (nSPS) is 11.3. The lowest BCUT2D eigenvalue weighted by Gasteiger charge is -1.98. The van der Waals surface area contributed by atoms with Gasteiger partial charge in [-0.1, -0.05) is 16.8 Å². The lowest BCUT2D eigenvalue weighted by Crippen LogP contribution is -1.84. The Morgan fingerprint density at radius 3 is 3.00 bits per heavy atom. The van der Waals surface area contributed by atoms with Gasteiger partial charge < -0.3 is 10.3 Å². The molecule has 4 heteroatoms. The minimum absolute atomic E-state index is 0.320. The third kappa shape index (κ3) is 1.08. The van der Waals surface area contributed by atoms with Gasteiger partial charge in [0.15, 0.2) is 0 Å². The number of nitrogen functional groups attached to an aromatic ring is 1. The Labute approximate surface area is 85.7 Å². The largest absolute Gasteiger partial charge is 0.367 e. The van der Waals surface area contributed by atoms with Crippen molar-refractivity contribution < 1.29 is 4.52 Å². The summed E-state index contributed by atoms with van der Waals surface area (Å²) in [6.07, 6.45) is 1.69. The van der Waals surface area contributed by atoms with Crippen molar-refractivity contribution in [2.45, 2.75) is 6.92 Å². The first-order valence-corrected chi connectivity index (χ1v) is 4.66. The number of aryl methyl sites for hydroxylation is 1. The Hall–Kier alpha value is -2.10. The summed E-state index contributed by atoms with van der Waals surface area (Å²) < 4.78 is 4.95. The molecular weight excluding hydrogens is 190 g/mol. The molecule has 0 spiro atoms. The number of hydrogen-bond acceptors (Lipinski definition) is 4. The molecule has 2 N–H and O–H groups in total. The van der Waals surface area contributed by atoms with Crippen molar-refractivity contribution in [3.8, 4) is 0 Å². The van der Waals surface area contributed by atoms with E-state index in [9.17, 15) is 0 Å². The maximum Gasteiger partial charge on any atom is 0.231 e. The predicted molar refractivity (Wildman–Crippen MR) is 58.5 cm³/mol. The second-order valence-corrected chi connectivity index (χ2v) is 3.59. The van der Waals surface area contributed by atoms with Crippen LogP contribution in [0.2, 0.25) is 0 Å². The van der Waals surface area contributed by atoms with Gasteiger partial charge in [-0.3, -0.25) is 4.98 Å². The number of rotatable bonds is 0. The molecule has 4 nitrogen and oxygen atoms in total. The molecule has 0 bridgehead atoms. The Balaban J connectivity index is 2.57. The molecule has 0 saturated carbocycles. The van der Waals surface area contributed by atoms with E-state index in [2.05, 4.69) is 10.1 Å². The predicted octanol–water partition coefficient (Wildman–Crippen LogP) is 2.27. The van der Waals surface area contributed by atoms with E-state index in [1.165, 1.54) is 5.56 Å². The average molecular weight is 199 g/mol. The minimum atomic E-state index is 0.320. The van der Waals surface area contributed by atoms with Gasteiger partial charge in [0.25, 0.3) is 0 Å². The zero-order valence-electron chi connectivity index (χ0n) is 8.19. The summed E-state index contributed by atoms with van der Waals surface area (Å²) in [4.78, 5) is 4.30. The van der Waals surface area contributed by atoms with Gasteiger partial charge in [0.05, 0.1) is 10.9 Å². The first kappa shape index (κ1) is 8.23. The summed E-state index contributed by atoms with van der Waals surface area (Å²) >= 11 is 0. The van der Waals surface area contributed by atoms with Gasteiger partial charge in [0.1, 0.15) is 5.52 Å². The number of pyridine rings is 1. The molecule has 0 saturated heterocycles. The van der Waals surface area contributed by atoms with Crippen molar-refractivity contribution in [1.82, 2.24) is 10.1 Å². The van der Waals surface area contributed by atoms with Gasteiger partial charge in [0, 0.05) is 11.6 Å². The molecule has 0 radical (unpaired) electrons. The molecule has 1 aromatic carbocycles. The first-order valence-electron chi connectivity index (χ1n) is 4.66. The van der Waals surface area contributed by atoms with E-state index in [1.807, 2.05) is 25.1 Å². The van der Waals surface area contributed by atoms with Crippen LogP contribution in [0.5, 0.6) is 0 Å². The van der Waals surface area contributed by atoms with E-state index in [0.717, 1.165) is 21.8 Å². The van der Waals surface area contributed by atoms with Gasteiger partial charge in [-0.2, -0.15) is 0 Å². The van der Waals surface area contributed by atoms with Crippen LogP contribution in [-0.4, -0.2) is 10.1 Å². The summed E-state index contributed by atoms with van der Waals surface area (Å²) in [6.45, 7) is 2.03. The quantitative estimate of drug-likeness (QED) is 0.603. The lowest BCUT2D eigenvalue weighted by molar-refractivity contribution is 0.445. The highest BCUT2D eigenvalue weighted by Crippen LogP contribution is 2.26. The molecule has 0 fully saturated rings. The zero-order valence-corrected chi connectivity index (χ0v) is 8.19. The summed E-state index contributed by atoms with van der Waals surface area (Å²) in [5.41, 5.74) is 8.48. The molecule has 0 aliphatic heterocycles. The van der Waals surface area contributed by atoms with Crippen molar-refractivity contribution >= 4 is 27.7 Å². The van der Waals surface area contributed by atoms with Crippen molar-refractivity contribution in [1.29, 1.82) is 0 Å². The highest BCUT2D eigenvalue weighted by atomic mass is 16.5. The number of hydrogen-bond donors (Lipinski definition) is 1. The summed E-state index contributed by atoms with van der Waals surface area (Å²) in [5, 5.41) is 5.70. The third-order valence-corrected chi connectivity index (χ3v) is 2.50. The van der Waals surface area contributed by atoms with Crippen molar-refractivity contribution in [3.05, 3.63) is 30.0 Å². The number of benzene rings is 1. The van der Waals surface area contributed by atoms with Gasteiger partial charge in [0.2, 0.25) is 5.88 Å². The monoisotopic (exact) mass is 199 g/mol.